The topological polar surface area (TPSA) is 49.3 Å². The van der Waals surface area contributed by atoms with E-state index in [1.54, 1.807) is 7.11 Å². The van der Waals surface area contributed by atoms with Crippen LogP contribution in [0.2, 0.25) is 0 Å². The van der Waals surface area contributed by atoms with Crippen LogP contribution >= 0.6 is 0 Å². The van der Waals surface area contributed by atoms with Crippen LogP contribution in [-0.4, -0.2) is 82.5 Å². The van der Waals surface area contributed by atoms with E-state index >= 15 is 0 Å². The Labute approximate surface area is 170 Å². The standard InChI is InChI=1S/C22H38N4O2/c1-4-21(20-10-6-5-7-11-20)25-13-15-26(16-14-25)22(23-2)24-12-8-9-17-28-19-18-27-3/h5-7,10-11,21H,4,8-9,12-19H2,1-3H3,(H,23,24). The van der Waals surface area contributed by atoms with Gasteiger partial charge in [-0.25, -0.2) is 0 Å². The van der Waals surface area contributed by atoms with Crippen LogP contribution in [0.5, 0.6) is 0 Å². The SMILES string of the molecule is CCC(c1ccccc1)N1CCN(C(=NC)NCCCCOCCOC)CC1. The molecular formula is C22H38N4O2. The van der Waals surface area contributed by atoms with Crippen molar-refractivity contribution < 1.29 is 9.47 Å². The van der Waals surface area contributed by atoms with Gasteiger partial charge in [0.05, 0.1) is 13.2 Å². The van der Waals surface area contributed by atoms with E-state index < -0.39 is 0 Å². The molecule has 1 aliphatic heterocycles. The molecule has 0 aliphatic carbocycles. The van der Waals surface area contributed by atoms with Crippen LogP contribution in [0, 0.1) is 0 Å². The van der Waals surface area contributed by atoms with E-state index in [2.05, 4.69) is 57.4 Å². The number of nitrogens with one attached hydrogen (secondary N) is 1. The number of hydrogen-bond acceptors (Lipinski definition) is 4. The van der Waals surface area contributed by atoms with Crippen molar-refractivity contribution in [3.05, 3.63) is 35.9 Å². The van der Waals surface area contributed by atoms with Crippen LogP contribution in [0.3, 0.4) is 0 Å². The Bertz CT molecular complexity index is 545. The molecule has 0 bridgehead atoms. The number of aliphatic imine (C=N–C) groups is 1. The first-order valence-corrected chi connectivity index (χ1v) is 10.6. The van der Waals surface area contributed by atoms with Crippen molar-refractivity contribution in [2.24, 2.45) is 4.99 Å². The molecule has 1 heterocycles. The number of unbranched alkanes of at least 4 members (excludes halogenated alkanes) is 1. The normalized spacial score (nSPS) is 17.0. The fourth-order valence-corrected chi connectivity index (χ4v) is 3.73. The van der Waals surface area contributed by atoms with Gasteiger partial charge < -0.3 is 19.7 Å². The van der Waals surface area contributed by atoms with E-state index in [4.69, 9.17) is 9.47 Å². The van der Waals surface area contributed by atoms with Crippen molar-refractivity contribution in [3.63, 3.8) is 0 Å². The zero-order valence-electron chi connectivity index (χ0n) is 17.9. The third kappa shape index (κ3) is 7.41. The van der Waals surface area contributed by atoms with Gasteiger partial charge in [0, 0.05) is 59.5 Å². The van der Waals surface area contributed by atoms with Crippen LogP contribution in [0.1, 0.15) is 37.8 Å². The Balaban J connectivity index is 1.69. The second kappa shape index (κ2) is 13.5. The molecule has 1 fully saturated rings. The fraction of sp³-hybridized carbons (Fsp3) is 0.682. The first kappa shape index (κ1) is 22.7. The molecular weight excluding hydrogens is 352 g/mol. The zero-order valence-corrected chi connectivity index (χ0v) is 17.9. The van der Waals surface area contributed by atoms with Gasteiger partial charge in [-0.15, -0.1) is 0 Å². The van der Waals surface area contributed by atoms with Crippen molar-refractivity contribution in [1.29, 1.82) is 0 Å². The quantitative estimate of drug-likeness (QED) is 0.358. The lowest BCUT2D eigenvalue weighted by molar-refractivity contribution is 0.0689. The van der Waals surface area contributed by atoms with E-state index in [0.29, 0.717) is 19.3 Å². The monoisotopic (exact) mass is 390 g/mol. The lowest BCUT2D eigenvalue weighted by Gasteiger charge is -2.40. The smallest absolute Gasteiger partial charge is 0.193 e. The van der Waals surface area contributed by atoms with Crippen LogP contribution in [-0.2, 0) is 9.47 Å². The van der Waals surface area contributed by atoms with Gasteiger partial charge in [-0.2, -0.15) is 0 Å². The summed E-state index contributed by atoms with van der Waals surface area (Å²) >= 11 is 0. The Morgan fingerprint density at radius 1 is 1.07 bits per heavy atom. The number of nitrogens with zero attached hydrogens (tertiary/aromatic N) is 3. The minimum Gasteiger partial charge on any atom is -0.382 e. The summed E-state index contributed by atoms with van der Waals surface area (Å²) in [7, 11) is 3.57. The molecule has 0 aromatic heterocycles. The van der Waals surface area contributed by atoms with Gasteiger partial charge in [0.15, 0.2) is 5.96 Å². The Morgan fingerprint density at radius 2 is 1.82 bits per heavy atom. The Hall–Kier alpha value is -1.63. The highest BCUT2D eigenvalue weighted by Gasteiger charge is 2.25. The lowest BCUT2D eigenvalue weighted by atomic mass is 10.0. The third-order valence-corrected chi connectivity index (χ3v) is 5.27. The van der Waals surface area contributed by atoms with Crippen molar-refractivity contribution in [2.45, 2.75) is 32.2 Å². The van der Waals surface area contributed by atoms with Gasteiger partial charge in [-0.1, -0.05) is 37.3 Å². The molecule has 1 aromatic carbocycles. The molecule has 2 rings (SSSR count). The third-order valence-electron chi connectivity index (χ3n) is 5.27. The van der Waals surface area contributed by atoms with Crippen LogP contribution in [0.4, 0.5) is 0 Å². The van der Waals surface area contributed by atoms with Crippen molar-refractivity contribution in [2.75, 3.05) is 66.7 Å². The van der Waals surface area contributed by atoms with Gasteiger partial charge in [0.2, 0.25) is 0 Å². The first-order chi connectivity index (χ1) is 13.8. The number of guanidine groups is 1. The second-order valence-corrected chi connectivity index (χ2v) is 7.14. The van der Waals surface area contributed by atoms with Crippen molar-refractivity contribution in [1.82, 2.24) is 15.1 Å². The molecule has 1 aliphatic rings. The Kier molecular flexibility index (Phi) is 10.9. The van der Waals surface area contributed by atoms with Gasteiger partial charge in [0.1, 0.15) is 0 Å². The summed E-state index contributed by atoms with van der Waals surface area (Å²) in [5, 5.41) is 3.51. The minimum atomic E-state index is 0.511. The van der Waals surface area contributed by atoms with E-state index in [-0.39, 0.29) is 0 Å². The molecule has 6 heteroatoms. The summed E-state index contributed by atoms with van der Waals surface area (Å²) in [4.78, 5) is 9.47. The van der Waals surface area contributed by atoms with E-state index in [1.165, 1.54) is 5.56 Å². The molecule has 1 atom stereocenters. The van der Waals surface area contributed by atoms with Crippen LogP contribution in [0.25, 0.3) is 0 Å². The molecule has 1 saturated heterocycles. The van der Waals surface area contributed by atoms with E-state index in [0.717, 1.165) is 64.6 Å². The number of hydrogen-bond donors (Lipinski definition) is 1. The summed E-state index contributed by atoms with van der Waals surface area (Å²) in [6.45, 7) is 9.53. The second-order valence-electron chi connectivity index (χ2n) is 7.14. The Morgan fingerprint density at radius 3 is 2.46 bits per heavy atom. The van der Waals surface area contributed by atoms with Gasteiger partial charge in [0.25, 0.3) is 0 Å². The number of rotatable bonds is 11. The summed E-state index contributed by atoms with van der Waals surface area (Å²) in [6, 6.07) is 11.4. The summed E-state index contributed by atoms with van der Waals surface area (Å²) in [6.07, 6.45) is 3.28. The molecule has 6 nitrogen and oxygen atoms in total. The summed E-state index contributed by atoms with van der Waals surface area (Å²) in [5.41, 5.74) is 1.42. The first-order valence-electron chi connectivity index (χ1n) is 10.6. The van der Waals surface area contributed by atoms with Crippen LogP contribution < -0.4 is 5.32 Å². The lowest BCUT2D eigenvalue weighted by Crippen LogP contribution is -2.53. The van der Waals surface area contributed by atoms with E-state index in [1.807, 2.05) is 7.05 Å². The zero-order chi connectivity index (χ0) is 20.0. The largest absolute Gasteiger partial charge is 0.382 e. The fourth-order valence-electron chi connectivity index (χ4n) is 3.73. The molecule has 0 amide bonds. The molecule has 158 valence electrons. The van der Waals surface area contributed by atoms with Gasteiger partial charge in [-0.3, -0.25) is 9.89 Å². The molecule has 0 spiro atoms. The number of piperazine rings is 1. The predicted octanol–water partition coefficient (Wildman–Crippen LogP) is 2.77. The van der Waals surface area contributed by atoms with Gasteiger partial charge >= 0.3 is 0 Å². The molecule has 1 N–H and O–H groups in total. The predicted molar refractivity (Wildman–Crippen MR) is 116 cm³/mol. The maximum atomic E-state index is 5.51. The van der Waals surface area contributed by atoms with Crippen molar-refractivity contribution >= 4 is 5.96 Å². The highest BCUT2D eigenvalue weighted by atomic mass is 16.5. The maximum absolute atomic E-state index is 5.51. The van der Waals surface area contributed by atoms with E-state index in [9.17, 15) is 0 Å². The highest BCUT2D eigenvalue weighted by molar-refractivity contribution is 5.79. The molecule has 1 aromatic rings. The molecule has 0 saturated carbocycles. The molecule has 1 unspecified atom stereocenters. The average Bonchev–Trinajstić information content (AvgIpc) is 2.75. The maximum Gasteiger partial charge on any atom is 0.193 e. The average molecular weight is 391 g/mol. The van der Waals surface area contributed by atoms with Crippen molar-refractivity contribution in [3.8, 4) is 0 Å². The summed E-state index contributed by atoms with van der Waals surface area (Å²) < 4.78 is 10.5. The van der Waals surface area contributed by atoms with Gasteiger partial charge in [-0.05, 0) is 24.8 Å². The summed E-state index contributed by atoms with van der Waals surface area (Å²) in [5.74, 6) is 1.02. The number of methoxy groups -OCH3 is 1. The highest BCUT2D eigenvalue weighted by Crippen LogP contribution is 2.25. The molecule has 0 radical (unpaired) electrons. The minimum absolute atomic E-state index is 0.511. The number of ether oxygens (including phenoxy) is 2. The number of benzene rings is 1. The molecule has 28 heavy (non-hydrogen) atoms. The van der Waals surface area contributed by atoms with Crippen LogP contribution in [0.15, 0.2) is 35.3 Å².